The lowest BCUT2D eigenvalue weighted by atomic mass is 9.93. The third kappa shape index (κ3) is 2.30. The Morgan fingerprint density at radius 2 is 2.47 bits per heavy atom. The summed E-state index contributed by atoms with van der Waals surface area (Å²) < 4.78 is 2.31. The predicted octanol–water partition coefficient (Wildman–Crippen LogP) is 1.71. The van der Waals surface area contributed by atoms with Crippen LogP contribution in [0.25, 0.3) is 0 Å². The van der Waals surface area contributed by atoms with Gasteiger partial charge in [0.05, 0.1) is 22.4 Å². The summed E-state index contributed by atoms with van der Waals surface area (Å²) in [6.07, 6.45) is 6.60. The number of amides is 1. The molecule has 0 fully saturated rings. The highest BCUT2D eigenvalue weighted by Crippen LogP contribution is 2.28. The van der Waals surface area contributed by atoms with Crippen LogP contribution in [0.4, 0.5) is 0 Å². The van der Waals surface area contributed by atoms with E-state index in [0.717, 1.165) is 25.0 Å². The number of aromatic nitrogens is 4. The first kappa shape index (κ1) is 12.4. The normalized spacial score (nSPS) is 18.1. The number of H-pyrrole nitrogens is 1. The van der Waals surface area contributed by atoms with Crippen LogP contribution >= 0.6 is 15.9 Å². The lowest BCUT2D eigenvalue weighted by Crippen LogP contribution is -2.31. The average molecular weight is 324 g/mol. The first-order chi connectivity index (χ1) is 9.15. The fourth-order valence-electron chi connectivity index (χ4n) is 2.45. The molecule has 19 heavy (non-hydrogen) atoms. The largest absolute Gasteiger partial charge is 0.342 e. The third-order valence-corrected chi connectivity index (χ3v) is 3.92. The Balaban J connectivity index is 1.80. The minimum atomic E-state index is -0.167. The van der Waals surface area contributed by atoms with Crippen LogP contribution in [0.2, 0.25) is 0 Å². The summed E-state index contributed by atoms with van der Waals surface area (Å²) in [5, 5.41) is 14.2. The number of rotatable bonds is 2. The molecule has 2 heterocycles. The number of aryl methyl sites for hydroxylation is 2. The van der Waals surface area contributed by atoms with Gasteiger partial charge in [-0.15, -0.1) is 0 Å². The maximum atomic E-state index is 12.2. The van der Waals surface area contributed by atoms with Gasteiger partial charge in [0.15, 0.2) is 5.69 Å². The van der Waals surface area contributed by atoms with Crippen LogP contribution in [0.5, 0.6) is 0 Å². The van der Waals surface area contributed by atoms with Gasteiger partial charge in [-0.25, -0.2) is 0 Å². The van der Waals surface area contributed by atoms with Crippen molar-refractivity contribution in [2.75, 3.05) is 0 Å². The highest BCUT2D eigenvalue weighted by atomic mass is 79.9. The van der Waals surface area contributed by atoms with Crippen LogP contribution < -0.4 is 5.32 Å². The first-order valence-electron chi connectivity index (χ1n) is 6.17. The molecule has 0 aliphatic heterocycles. The zero-order valence-electron chi connectivity index (χ0n) is 10.5. The maximum Gasteiger partial charge on any atom is 0.273 e. The van der Waals surface area contributed by atoms with E-state index in [0.29, 0.717) is 10.2 Å². The van der Waals surface area contributed by atoms with E-state index in [1.54, 1.807) is 17.9 Å². The van der Waals surface area contributed by atoms with Gasteiger partial charge in [0.25, 0.3) is 5.91 Å². The molecule has 1 aliphatic carbocycles. The lowest BCUT2D eigenvalue weighted by molar-refractivity contribution is 0.0925. The van der Waals surface area contributed by atoms with Gasteiger partial charge < -0.3 is 5.32 Å². The summed E-state index contributed by atoms with van der Waals surface area (Å²) in [5.41, 5.74) is 2.62. The molecule has 0 bridgehead atoms. The molecule has 0 radical (unpaired) electrons. The molecule has 7 heteroatoms. The van der Waals surface area contributed by atoms with Crippen LogP contribution in [0.15, 0.2) is 16.9 Å². The standard InChI is InChI=1S/C12H14BrN5O/c1-18-6-8(13)11(17-18)12(19)15-9-4-2-3-7-5-14-16-10(7)9/h5-6,9H,2-4H2,1H3,(H,14,16)(H,15,19). The minimum Gasteiger partial charge on any atom is -0.342 e. The second-order valence-electron chi connectivity index (χ2n) is 4.73. The van der Waals surface area contributed by atoms with Gasteiger partial charge in [-0.05, 0) is 40.8 Å². The van der Waals surface area contributed by atoms with E-state index in [1.807, 2.05) is 6.20 Å². The van der Waals surface area contributed by atoms with Crippen LogP contribution in [-0.4, -0.2) is 25.9 Å². The molecule has 0 aromatic carbocycles. The van der Waals surface area contributed by atoms with Gasteiger partial charge >= 0.3 is 0 Å². The summed E-state index contributed by atoms with van der Waals surface area (Å²) in [6.45, 7) is 0. The van der Waals surface area contributed by atoms with E-state index >= 15 is 0 Å². The molecule has 2 aromatic rings. The van der Waals surface area contributed by atoms with Gasteiger partial charge in [0, 0.05) is 13.2 Å². The summed E-state index contributed by atoms with van der Waals surface area (Å²) in [7, 11) is 1.79. The van der Waals surface area contributed by atoms with E-state index in [4.69, 9.17) is 0 Å². The molecule has 100 valence electrons. The average Bonchev–Trinajstić information content (AvgIpc) is 2.96. The SMILES string of the molecule is Cn1cc(Br)c(C(=O)NC2CCCc3cn[nH]c32)n1. The van der Waals surface area contributed by atoms with Gasteiger partial charge in [-0.1, -0.05) is 0 Å². The monoisotopic (exact) mass is 323 g/mol. The van der Waals surface area contributed by atoms with Crippen molar-refractivity contribution in [3.63, 3.8) is 0 Å². The number of fused-ring (bicyclic) bond motifs is 1. The Morgan fingerprint density at radius 3 is 3.21 bits per heavy atom. The molecule has 2 N–H and O–H groups in total. The van der Waals surface area contributed by atoms with E-state index in [1.165, 1.54) is 5.56 Å². The molecule has 3 rings (SSSR count). The van der Waals surface area contributed by atoms with E-state index in [9.17, 15) is 4.79 Å². The summed E-state index contributed by atoms with van der Waals surface area (Å²) >= 11 is 3.34. The molecule has 1 atom stereocenters. The summed E-state index contributed by atoms with van der Waals surface area (Å²) in [6, 6.07) is -0.00680. The summed E-state index contributed by atoms with van der Waals surface area (Å²) in [5.74, 6) is -0.167. The van der Waals surface area contributed by atoms with Crippen molar-refractivity contribution in [3.8, 4) is 0 Å². The topological polar surface area (TPSA) is 75.6 Å². The summed E-state index contributed by atoms with van der Waals surface area (Å²) in [4.78, 5) is 12.2. The van der Waals surface area contributed by atoms with Gasteiger partial charge in [-0.2, -0.15) is 10.2 Å². The number of nitrogens with zero attached hydrogens (tertiary/aromatic N) is 3. The van der Waals surface area contributed by atoms with Crippen molar-refractivity contribution >= 4 is 21.8 Å². The Bertz CT molecular complexity index is 617. The van der Waals surface area contributed by atoms with Crippen LogP contribution in [0, 0.1) is 0 Å². The Morgan fingerprint density at radius 1 is 1.63 bits per heavy atom. The second-order valence-corrected chi connectivity index (χ2v) is 5.58. The quantitative estimate of drug-likeness (QED) is 0.883. The molecule has 2 aromatic heterocycles. The highest BCUT2D eigenvalue weighted by molar-refractivity contribution is 9.10. The Hall–Kier alpha value is -1.63. The molecule has 0 spiro atoms. The van der Waals surface area contributed by atoms with Gasteiger partial charge in [0.2, 0.25) is 0 Å². The zero-order chi connectivity index (χ0) is 13.4. The number of aromatic amines is 1. The number of carbonyl (C=O) groups is 1. The molecule has 1 unspecified atom stereocenters. The molecular weight excluding hydrogens is 310 g/mol. The number of hydrogen-bond donors (Lipinski definition) is 2. The fraction of sp³-hybridized carbons (Fsp3) is 0.417. The minimum absolute atomic E-state index is 0.00680. The molecule has 1 amide bonds. The van der Waals surface area contributed by atoms with Crippen molar-refractivity contribution in [2.45, 2.75) is 25.3 Å². The molecule has 0 saturated heterocycles. The zero-order valence-corrected chi connectivity index (χ0v) is 12.1. The van der Waals surface area contributed by atoms with E-state index in [-0.39, 0.29) is 11.9 Å². The predicted molar refractivity (Wildman–Crippen MR) is 72.6 cm³/mol. The smallest absolute Gasteiger partial charge is 0.273 e. The van der Waals surface area contributed by atoms with Crippen molar-refractivity contribution in [1.82, 2.24) is 25.3 Å². The fourth-order valence-corrected chi connectivity index (χ4v) is 3.00. The van der Waals surface area contributed by atoms with Crippen molar-refractivity contribution in [2.24, 2.45) is 7.05 Å². The highest BCUT2D eigenvalue weighted by Gasteiger charge is 2.25. The molecule has 1 aliphatic rings. The van der Waals surface area contributed by atoms with Gasteiger partial charge in [-0.3, -0.25) is 14.6 Å². The van der Waals surface area contributed by atoms with Crippen molar-refractivity contribution in [1.29, 1.82) is 0 Å². The number of carbonyl (C=O) groups excluding carboxylic acids is 1. The van der Waals surface area contributed by atoms with Gasteiger partial charge in [0.1, 0.15) is 0 Å². The number of hydrogen-bond acceptors (Lipinski definition) is 3. The number of halogens is 1. The maximum absolute atomic E-state index is 12.2. The lowest BCUT2D eigenvalue weighted by Gasteiger charge is -2.22. The number of nitrogens with one attached hydrogen (secondary N) is 2. The van der Waals surface area contributed by atoms with Crippen molar-refractivity contribution < 1.29 is 4.79 Å². The molecule has 6 nitrogen and oxygen atoms in total. The Labute approximate surface area is 118 Å². The molecular formula is C12H14BrN5O. The first-order valence-corrected chi connectivity index (χ1v) is 6.96. The third-order valence-electron chi connectivity index (χ3n) is 3.34. The van der Waals surface area contributed by atoms with E-state index < -0.39 is 0 Å². The Kier molecular flexibility index (Phi) is 3.14. The van der Waals surface area contributed by atoms with E-state index in [2.05, 4.69) is 36.5 Å². The molecule has 0 saturated carbocycles. The second kappa shape index (κ2) is 4.80. The van der Waals surface area contributed by atoms with Crippen LogP contribution in [-0.2, 0) is 13.5 Å². The van der Waals surface area contributed by atoms with Crippen LogP contribution in [0.1, 0.15) is 40.6 Å². The van der Waals surface area contributed by atoms with Crippen LogP contribution in [0.3, 0.4) is 0 Å². The van der Waals surface area contributed by atoms with Crippen molar-refractivity contribution in [3.05, 3.63) is 33.8 Å².